The molecule has 0 radical (unpaired) electrons. The number of imidazole rings is 1. The molecular weight excluding hydrogens is 290 g/mol. The number of amides is 1. The van der Waals surface area contributed by atoms with E-state index < -0.39 is 0 Å². The highest BCUT2D eigenvalue weighted by Crippen LogP contribution is 2.23. The molecule has 1 saturated heterocycles. The number of fused-ring (bicyclic) bond motifs is 3. The molecule has 2 aromatic heterocycles. The Hall–Kier alpha value is -2.94. The lowest BCUT2D eigenvalue weighted by atomic mass is 10.1. The van der Waals surface area contributed by atoms with Gasteiger partial charge in [-0.15, -0.1) is 0 Å². The fourth-order valence-corrected chi connectivity index (χ4v) is 3.08. The summed E-state index contributed by atoms with van der Waals surface area (Å²) in [5.41, 5.74) is 2.91. The minimum Gasteiger partial charge on any atom is -0.342 e. The van der Waals surface area contributed by atoms with Gasteiger partial charge in [0.1, 0.15) is 5.82 Å². The molecule has 1 fully saturated rings. The lowest BCUT2D eigenvalue weighted by Crippen LogP contribution is -2.29. The number of nitriles is 1. The number of pyridine rings is 1. The minimum atomic E-state index is 0.108. The lowest BCUT2D eigenvalue weighted by Gasteiger charge is -2.13. The molecule has 0 bridgehead atoms. The van der Waals surface area contributed by atoms with Crippen LogP contribution in [0.25, 0.3) is 21.9 Å². The molecule has 3 heterocycles. The Balaban J connectivity index is 1.73. The number of nitrogens with zero attached hydrogens (tertiary/aromatic N) is 4. The number of hydrogen-bond donors (Lipinski definition) is 1. The van der Waals surface area contributed by atoms with Crippen LogP contribution in [0.1, 0.15) is 24.2 Å². The van der Waals surface area contributed by atoms with E-state index in [1.807, 2.05) is 11.0 Å². The van der Waals surface area contributed by atoms with E-state index in [9.17, 15) is 4.79 Å². The number of aromatic nitrogens is 3. The van der Waals surface area contributed by atoms with Gasteiger partial charge >= 0.3 is 0 Å². The maximum Gasteiger partial charge on any atom is 0.230 e. The van der Waals surface area contributed by atoms with Gasteiger partial charge in [-0.05, 0) is 31.0 Å². The van der Waals surface area contributed by atoms with Gasteiger partial charge in [0.15, 0.2) is 0 Å². The van der Waals surface area contributed by atoms with E-state index in [1.54, 1.807) is 18.3 Å². The summed E-state index contributed by atoms with van der Waals surface area (Å²) in [7, 11) is 0. The Kier molecular flexibility index (Phi) is 3.19. The fourth-order valence-electron chi connectivity index (χ4n) is 3.08. The fraction of sp³-hybridized carbons (Fsp3) is 0.294. The molecule has 1 aliphatic rings. The molecule has 23 heavy (non-hydrogen) atoms. The van der Waals surface area contributed by atoms with Crippen LogP contribution in [0.5, 0.6) is 0 Å². The third-order valence-corrected chi connectivity index (χ3v) is 4.27. The maximum absolute atomic E-state index is 12.3. The molecule has 1 aromatic carbocycles. The second-order valence-corrected chi connectivity index (χ2v) is 5.81. The zero-order valence-corrected chi connectivity index (χ0v) is 12.5. The van der Waals surface area contributed by atoms with Crippen LogP contribution in [0.2, 0.25) is 0 Å². The average molecular weight is 305 g/mol. The molecule has 6 heteroatoms. The van der Waals surface area contributed by atoms with Gasteiger partial charge in [0.2, 0.25) is 5.91 Å². The van der Waals surface area contributed by atoms with Gasteiger partial charge in [0, 0.05) is 18.5 Å². The summed E-state index contributed by atoms with van der Waals surface area (Å²) in [6, 6.07) is 7.48. The normalized spacial score (nSPS) is 14.5. The third kappa shape index (κ3) is 2.40. The monoisotopic (exact) mass is 305 g/mol. The van der Waals surface area contributed by atoms with Crippen LogP contribution in [0, 0.1) is 11.3 Å². The number of likely N-dealkylation sites (tertiary alicyclic amines) is 1. The van der Waals surface area contributed by atoms with Crippen molar-refractivity contribution in [3.8, 4) is 6.07 Å². The van der Waals surface area contributed by atoms with Gasteiger partial charge in [0.25, 0.3) is 0 Å². The van der Waals surface area contributed by atoms with Crippen LogP contribution in [0.3, 0.4) is 0 Å². The van der Waals surface area contributed by atoms with E-state index in [-0.39, 0.29) is 12.3 Å². The Bertz CT molecular complexity index is 947. The smallest absolute Gasteiger partial charge is 0.230 e. The van der Waals surface area contributed by atoms with Crippen LogP contribution < -0.4 is 0 Å². The number of aromatic amines is 1. The molecule has 1 amide bonds. The van der Waals surface area contributed by atoms with E-state index in [0.29, 0.717) is 11.4 Å². The summed E-state index contributed by atoms with van der Waals surface area (Å²) in [6.45, 7) is 1.68. The van der Waals surface area contributed by atoms with E-state index in [2.05, 4.69) is 21.0 Å². The largest absolute Gasteiger partial charge is 0.342 e. The number of H-pyrrole nitrogens is 1. The van der Waals surface area contributed by atoms with Gasteiger partial charge in [0.05, 0.1) is 40.8 Å². The zero-order valence-electron chi connectivity index (χ0n) is 12.5. The number of benzene rings is 1. The first-order chi connectivity index (χ1) is 11.2. The number of carbonyl (C=O) groups excluding carboxylic acids is 1. The molecule has 1 N–H and O–H groups in total. The standard InChI is InChI=1S/C17H15N5O/c18-9-11-3-4-13-12(7-11)17-14(10-19-13)20-15(21-17)8-16(23)22-5-1-2-6-22/h3-4,7,10H,1-2,5-6,8H2,(H,20,21). The molecular formula is C17H15N5O. The van der Waals surface area contributed by atoms with Gasteiger partial charge in [-0.25, -0.2) is 4.98 Å². The van der Waals surface area contributed by atoms with Crippen molar-refractivity contribution in [1.82, 2.24) is 19.9 Å². The zero-order chi connectivity index (χ0) is 15.8. The van der Waals surface area contributed by atoms with E-state index in [0.717, 1.165) is 47.9 Å². The molecule has 0 atom stereocenters. The molecule has 6 nitrogen and oxygen atoms in total. The lowest BCUT2D eigenvalue weighted by molar-refractivity contribution is -0.129. The van der Waals surface area contributed by atoms with Crippen molar-refractivity contribution in [3.05, 3.63) is 35.8 Å². The van der Waals surface area contributed by atoms with Crippen molar-refractivity contribution < 1.29 is 4.79 Å². The van der Waals surface area contributed by atoms with Crippen molar-refractivity contribution >= 4 is 27.8 Å². The quantitative estimate of drug-likeness (QED) is 0.786. The van der Waals surface area contributed by atoms with E-state index >= 15 is 0 Å². The van der Waals surface area contributed by atoms with Gasteiger partial charge < -0.3 is 9.88 Å². The summed E-state index contributed by atoms with van der Waals surface area (Å²) in [5, 5.41) is 9.90. The van der Waals surface area contributed by atoms with Crippen molar-refractivity contribution in [3.63, 3.8) is 0 Å². The minimum absolute atomic E-state index is 0.108. The van der Waals surface area contributed by atoms with Crippen LogP contribution in [-0.2, 0) is 11.2 Å². The summed E-state index contributed by atoms with van der Waals surface area (Å²) in [5.74, 6) is 0.755. The number of hydrogen-bond acceptors (Lipinski definition) is 4. The molecule has 0 aliphatic carbocycles. The van der Waals surface area contributed by atoms with Crippen LogP contribution in [-0.4, -0.2) is 38.8 Å². The SMILES string of the molecule is N#Cc1ccc2ncc3[nH]c(CC(=O)N4CCCC4)nc3c2c1. The van der Waals surface area contributed by atoms with E-state index in [4.69, 9.17) is 5.26 Å². The molecule has 0 spiro atoms. The Morgan fingerprint density at radius 1 is 1.35 bits per heavy atom. The van der Waals surface area contributed by atoms with Crippen LogP contribution in [0.15, 0.2) is 24.4 Å². The van der Waals surface area contributed by atoms with Gasteiger partial charge in [-0.3, -0.25) is 9.78 Å². The third-order valence-electron chi connectivity index (χ3n) is 4.27. The predicted molar refractivity (Wildman–Crippen MR) is 85.6 cm³/mol. The van der Waals surface area contributed by atoms with Crippen molar-refractivity contribution in [2.45, 2.75) is 19.3 Å². The Labute approximate surface area is 132 Å². The van der Waals surface area contributed by atoms with Crippen molar-refractivity contribution in [2.75, 3.05) is 13.1 Å². The highest BCUT2D eigenvalue weighted by atomic mass is 16.2. The highest BCUT2D eigenvalue weighted by Gasteiger charge is 2.19. The average Bonchev–Trinajstić information content (AvgIpc) is 3.23. The summed E-state index contributed by atoms with van der Waals surface area (Å²) in [4.78, 5) is 26.3. The van der Waals surface area contributed by atoms with Crippen molar-refractivity contribution in [1.29, 1.82) is 5.26 Å². The van der Waals surface area contributed by atoms with Crippen molar-refractivity contribution in [2.24, 2.45) is 0 Å². The highest BCUT2D eigenvalue weighted by molar-refractivity contribution is 6.02. The molecule has 0 unspecified atom stereocenters. The second-order valence-electron chi connectivity index (χ2n) is 5.81. The first-order valence-corrected chi connectivity index (χ1v) is 7.70. The maximum atomic E-state index is 12.3. The first kappa shape index (κ1) is 13.7. The first-order valence-electron chi connectivity index (χ1n) is 7.70. The second kappa shape index (κ2) is 5.36. The number of nitrogens with one attached hydrogen (secondary N) is 1. The summed E-state index contributed by atoms with van der Waals surface area (Å²) in [6.07, 6.45) is 4.16. The molecule has 1 aliphatic heterocycles. The van der Waals surface area contributed by atoms with Gasteiger partial charge in [-0.2, -0.15) is 5.26 Å². The Morgan fingerprint density at radius 2 is 2.17 bits per heavy atom. The molecule has 114 valence electrons. The molecule has 0 saturated carbocycles. The summed E-state index contributed by atoms with van der Waals surface area (Å²) >= 11 is 0. The summed E-state index contributed by atoms with van der Waals surface area (Å²) < 4.78 is 0. The molecule has 4 rings (SSSR count). The molecule has 3 aromatic rings. The predicted octanol–water partition coefficient (Wildman–Crippen LogP) is 2.15. The van der Waals surface area contributed by atoms with Gasteiger partial charge in [-0.1, -0.05) is 0 Å². The van der Waals surface area contributed by atoms with E-state index in [1.165, 1.54) is 0 Å². The van der Waals surface area contributed by atoms with Crippen LogP contribution >= 0.6 is 0 Å². The number of rotatable bonds is 2. The Morgan fingerprint density at radius 3 is 2.96 bits per heavy atom. The van der Waals surface area contributed by atoms with Crippen LogP contribution in [0.4, 0.5) is 0 Å². The number of carbonyl (C=O) groups is 1. The topological polar surface area (TPSA) is 85.7 Å².